The molecule has 0 saturated carbocycles. The van der Waals surface area contributed by atoms with Crippen LogP contribution in [0, 0.1) is 0 Å². The number of pyridine rings is 1. The van der Waals surface area contributed by atoms with Crippen molar-refractivity contribution in [3.63, 3.8) is 0 Å². The minimum atomic E-state index is 0.561. The number of rotatable bonds is 12. The summed E-state index contributed by atoms with van der Waals surface area (Å²) >= 11 is 0. The molecule has 0 N–H and O–H groups in total. The molecule has 106 heavy (non-hydrogen) atoms. The van der Waals surface area contributed by atoms with Crippen LogP contribution in [0.4, 0.5) is 0 Å². The van der Waals surface area contributed by atoms with E-state index in [0.717, 1.165) is 183 Å². The summed E-state index contributed by atoms with van der Waals surface area (Å²) < 4.78 is 9.97. The minimum Gasteiger partial charge on any atom is -0.305 e. The summed E-state index contributed by atoms with van der Waals surface area (Å²) in [6.07, 6.45) is 0. The van der Waals surface area contributed by atoms with Crippen LogP contribution in [0.15, 0.2) is 376 Å². The molecule has 0 saturated heterocycles. The van der Waals surface area contributed by atoms with E-state index in [1.165, 1.54) is 0 Å². The second-order valence-corrected chi connectivity index (χ2v) is 27.2. The van der Waals surface area contributed by atoms with Crippen molar-refractivity contribution >= 4 is 87.2 Å². The van der Waals surface area contributed by atoms with Crippen molar-refractivity contribution in [1.82, 2.24) is 38.2 Å². The average molecular weight is 1350 g/mol. The first-order valence-electron chi connectivity index (χ1n) is 36.0. The van der Waals surface area contributed by atoms with Gasteiger partial charge in [-0.05, 0) is 123 Å². The highest BCUT2D eigenvalue weighted by atomic mass is 15.2. The van der Waals surface area contributed by atoms with E-state index < -0.39 is 0 Å². The van der Waals surface area contributed by atoms with Gasteiger partial charge in [-0.3, -0.25) is 9.13 Å². The van der Waals surface area contributed by atoms with Crippen LogP contribution < -0.4 is 0 Å². The van der Waals surface area contributed by atoms with Gasteiger partial charge in [-0.2, -0.15) is 0 Å². The molecule has 0 aliphatic heterocycles. The van der Waals surface area contributed by atoms with Gasteiger partial charge in [0.1, 0.15) is 11.4 Å². The molecule has 0 aliphatic carbocycles. The Labute approximate surface area is 610 Å². The second-order valence-electron chi connectivity index (χ2n) is 27.2. The highest BCUT2D eigenvalue weighted by Gasteiger charge is 2.33. The fourth-order valence-electron chi connectivity index (χ4n) is 16.3. The first-order valence-corrected chi connectivity index (χ1v) is 36.0. The van der Waals surface area contributed by atoms with E-state index in [1.54, 1.807) is 0 Å². The Hall–Kier alpha value is -14.3. The first kappa shape index (κ1) is 60.4. The molecular weight excluding hydrogens is 1290 g/mol. The second kappa shape index (κ2) is 24.7. The molecule has 0 spiro atoms. The SMILES string of the molecule is c1ccc(-c2ccc3c(c2)c2cc(-c4ccccc4)ccc2n3-c2nc(-n3c4ccc(-c5ccccc5)cc4c4cc(-c5ccccc5)ccc43)c(-n3c4ccccc4c4ccccc43)c(-c3ccc(-c4nc(-c5ccccc5)nc(-c5ccccc5)n4)cc3)c2-n2c3ccccc3c3ccccc32)cc1. The third kappa shape index (κ3) is 9.84. The highest BCUT2D eigenvalue weighted by molar-refractivity contribution is 6.17. The molecule has 0 unspecified atom stereocenters. The molecule has 0 fully saturated rings. The predicted octanol–water partition coefficient (Wildman–Crippen LogP) is 25.0. The fourth-order valence-corrected chi connectivity index (χ4v) is 16.3. The van der Waals surface area contributed by atoms with Gasteiger partial charge in [-0.1, -0.05) is 303 Å². The number of benzene rings is 15. The molecule has 21 aromatic rings. The van der Waals surface area contributed by atoms with Gasteiger partial charge in [-0.15, -0.1) is 0 Å². The molecule has 0 bridgehead atoms. The van der Waals surface area contributed by atoms with E-state index in [0.29, 0.717) is 17.5 Å². The fraction of sp³-hybridized carbons (Fsp3) is 0. The number of aromatic nitrogens is 8. The van der Waals surface area contributed by atoms with Crippen molar-refractivity contribution in [3.05, 3.63) is 376 Å². The molecule has 0 aliphatic rings. The summed E-state index contributed by atoms with van der Waals surface area (Å²) in [6.45, 7) is 0. The van der Waals surface area contributed by atoms with Gasteiger partial charge in [0.05, 0.1) is 44.1 Å². The van der Waals surface area contributed by atoms with Gasteiger partial charge in [0.2, 0.25) is 0 Å². The molecule has 15 aromatic carbocycles. The van der Waals surface area contributed by atoms with Crippen LogP contribution in [0.1, 0.15) is 0 Å². The lowest BCUT2D eigenvalue weighted by Gasteiger charge is -2.27. The maximum Gasteiger partial charge on any atom is 0.165 e. The van der Waals surface area contributed by atoms with Crippen LogP contribution >= 0.6 is 0 Å². The van der Waals surface area contributed by atoms with Crippen molar-refractivity contribution in [3.8, 4) is 113 Å². The summed E-state index contributed by atoms with van der Waals surface area (Å²) in [5, 5.41) is 8.90. The Kier molecular flexibility index (Phi) is 14.1. The predicted molar refractivity (Wildman–Crippen MR) is 438 cm³/mol. The standard InChI is InChI=1S/C98H62N8/c1-7-27-63(28-8-1)71-51-55-87-79(59-71)80-60-72(64-29-9-2-10-30-64)52-56-88(80)105(87)97-92(103-83-43-23-19-39-75(83)76-40-20-24-44-84(76)103)91(67-47-49-70(50-48-67)96-100-94(68-35-15-5-16-36-68)99-95(101-96)69-37-17-6-18-38-69)93(104-85-45-25-21-41-77(85)78-42-22-26-46-86(78)104)98(102-97)106-89-57-53-73(65-31-11-3-12-32-65)61-81(89)82-62-74(54-58-90(82)106)66-33-13-4-14-34-66/h1-62H. The summed E-state index contributed by atoms with van der Waals surface area (Å²) in [7, 11) is 0. The summed E-state index contributed by atoms with van der Waals surface area (Å²) in [5.41, 5.74) is 23.5. The molecule has 494 valence electrons. The summed E-state index contributed by atoms with van der Waals surface area (Å²) in [6, 6.07) is 136. The maximum absolute atomic E-state index is 6.71. The van der Waals surface area contributed by atoms with Gasteiger partial charge >= 0.3 is 0 Å². The molecule has 8 heteroatoms. The van der Waals surface area contributed by atoms with Crippen LogP contribution in [0.5, 0.6) is 0 Å². The Morgan fingerprint density at radius 3 is 0.651 bits per heavy atom. The molecule has 8 nitrogen and oxygen atoms in total. The molecular formula is C98H62N8. The number of nitrogens with zero attached hydrogens (tertiary/aromatic N) is 8. The number of hydrogen-bond acceptors (Lipinski definition) is 4. The molecule has 0 atom stereocenters. The molecule has 0 amide bonds. The third-order valence-electron chi connectivity index (χ3n) is 21.2. The Morgan fingerprint density at radius 1 is 0.151 bits per heavy atom. The monoisotopic (exact) mass is 1350 g/mol. The van der Waals surface area contributed by atoms with Crippen molar-refractivity contribution in [2.45, 2.75) is 0 Å². The largest absolute Gasteiger partial charge is 0.305 e. The highest BCUT2D eigenvalue weighted by Crippen LogP contribution is 2.50. The molecule has 6 aromatic heterocycles. The Bertz CT molecular complexity index is 6330. The lowest BCUT2D eigenvalue weighted by molar-refractivity contribution is 0.961. The van der Waals surface area contributed by atoms with Gasteiger partial charge in [0, 0.05) is 65.3 Å². The topological polar surface area (TPSA) is 71.3 Å². The van der Waals surface area contributed by atoms with Gasteiger partial charge in [0.25, 0.3) is 0 Å². The van der Waals surface area contributed by atoms with E-state index in [2.05, 4.69) is 358 Å². The lowest BCUT2D eigenvalue weighted by atomic mass is 9.98. The molecule has 21 rings (SSSR count). The van der Waals surface area contributed by atoms with Gasteiger partial charge in [-0.25, -0.2) is 19.9 Å². The van der Waals surface area contributed by atoms with Gasteiger partial charge < -0.3 is 9.13 Å². The van der Waals surface area contributed by atoms with Crippen molar-refractivity contribution in [2.24, 2.45) is 0 Å². The van der Waals surface area contributed by atoms with Crippen molar-refractivity contribution < 1.29 is 0 Å². The maximum atomic E-state index is 6.71. The van der Waals surface area contributed by atoms with Crippen LogP contribution in [0.2, 0.25) is 0 Å². The van der Waals surface area contributed by atoms with Gasteiger partial charge in [0.15, 0.2) is 29.1 Å². The number of para-hydroxylation sites is 4. The first-order chi connectivity index (χ1) is 52.6. The zero-order valence-corrected chi connectivity index (χ0v) is 57.4. The van der Waals surface area contributed by atoms with Crippen LogP contribution in [-0.2, 0) is 0 Å². The van der Waals surface area contributed by atoms with E-state index >= 15 is 0 Å². The van der Waals surface area contributed by atoms with E-state index in [4.69, 9.17) is 19.9 Å². The average Bonchev–Trinajstić information content (AvgIpc) is 1.50. The lowest BCUT2D eigenvalue weighted by Crippen LogP contribution is -2.16. The van der Waals surface area contributed by atoms with Crippen molar-refractivity contribution in [1.29, 1.82) is 0 Å². The Balaban J connectivity index is 0.975. The molecule has 0 radical (unpaired) electrons. The number of fused-ring (bicyclic) bond motifs is 12. The van der Waals surface area contributed by atoms with E-state index in [1.807, 2.05) is 36.4 Å². The van der Waals surface area contributed by atoms with Crippen LogP contribution in [-0.4, -0.2) is 38.2 Å². The van der Waals surface area contributed by atoms with E-state index in [9.17, 15) is 0 Å². The smallest absolute Gasteiger partial charge is 0.165 e. The quantitative estimate of drug-likeness (QED) is 0.122. The zero-order valence-electron chi connectivity index (χ0n) is 57.4. The summed E-state index contributed by atoms with van der Waals surface area (Å²) in [5.74, 6) is 3.22. The minimum absolute atomic E-state index is 0.561. The zero-order chi connectivity index (χ0) is 69.8. The Morgan fingerprint density at radius 2 is 0.368 bits per heavy atom. The number of hydrogen-bond donors (Lipinski definition) is 0. The van der Waals surface area contributed by atoms with Crippen LogP contribution in [0.25, 0.3) is 200 Å². The van der Waals surface area contributed by atoms with Crippen LogP contribution in [0.3, 0.4) is 0 Å². The normalized spacial score (nSPS) is 11.8. The summed E-state index contributed by atoms with van der Waals surface area (Å²) in [4.78, 5) is 22.5. The molecule has 6 heterocycles. The van der Waals surface area contributed by atoms with E-state index in [-0.39, 0.29) is 0 Å². The third-order valence-corrected chi connectivity index (χ3v) is 21.2. The van der Waals surface area contributed by atoms with Crippen molar-refractivity contribution in [2.75, 3.05) is 0 Å².